The maximum atomic E-state index is 14.6. The summed E-state index contributed by atoms with van der Waals surface area (Å²) in [5.74, 6) is -3.25. The van der Waals surface area contributed by atoms with Crippen molar-refractivity contribution in [3.8, 4) is 5.75 Å². The monoisotopic (exact) mass is 586 g/mol. The molecule has 4 aliphatic rings. The van der Waals surface area contributed by atoms with Gasteiger partial charge in [-0.25, -0.2) is 10.3 Å². The standard InChI is InChI=1S/C34H26N4O6/c1-44-27-18-21(38(42)43)15-16-26(27)37-32(40)30-29-22-11-5-7-13-24(22)34(31(30)33(37)41,25-14-8-6-12-23(25)29)19-35-36-28(39)17-20-9-3-2-4-10-20/h2-16,18-19,29-31H,17H2,1H3,(H,36,39)/b35-19-/t29?,30-,31+,34?/m1/s1. The zero-order valence-electron chi connectivity index (χ0n) is 23.5. The van der Waals surface area contributed by atoms with Crippen LogP contribution in [0.15, 0.2) is 102 Å². The molecule has 218 valence electrons. The summed E-state index contributed by atoms with van der Waals surface area (Å²) >= 11 is 0. The SMILES string of the molecule is COc1cc([N+](=O)[O-])ccc1N1C(=O)[C@@H]2C3c4ccccc4C(/C=N\NC(=O)Cc4ccccc4)(c4ccccc43)[C@@H]2C1=O. The molecule has 4 aromatic carbocycles. The van der Waals surface area contributed by atoms with E-state index < -0.39 is 39.9 Å². The normalized spacial score (nSPS) is 22.8. The van der Waals surface area contributed by atoms with Gasteiger partial charge in [-0.2, -0.15) is 5.10 Å². The molecule has 1 fully saturated rings. The lowest BCUT2D eigenvalue weighted by Gasteiger charge is -2.52. The minimum absolute atomic E-state index is 0.0396. The quantitative estimate of drug-likeness (QED) is 0.147. The maximum Gasteiger partial charge on any atom is 0.273 e. The highest BCUT2D eigenvalue weighted by atomic mass is 16.6. The van der Waals surface area contributed by atoms with Crippen LogP contribution in [0.3, 0.4) is 0 Å². The van der Waals surface area contributed by atoms with Crippen LogP contribution in [-0.4, -0.2) is 36.0 Å². The number of hydrogen-bond acceptors (Lipinski definition) is 7. The molecule has 2 bridgehead atoms. The number of carbonyl (C=O) groups is 3. The smallest absolute Gasteiger partial charge is 0.273 e. The van der Waals surface area contributed by atoms with Crippen molar-refractivity contribution < 1.29 is 24.0 Å². The van der Waals surface area contributed by atoms with Crippen LogP contribution in [0.1, 0.15) is 33.7 Å². The van der Waals surface area contributed by atoms with Gasteiger partial charge in [-0.15, -0.1) is 0 Å². The van der Waals surface area contributed by atoms with Gasteiger partial charge in [-0.05, 0) is 33.9 Å². The van der Waals surface area contributed by atoms with E-state index in [-0.39, 0.29) is 29.5 Å². The van der Waals surface area contributed by atoms with Crippen molar-refractivity contribution in [2.24, 2.45) is 16.9 Å². The first-order valence-electron chi connectivity index (χ1n) is 14.1. The first kappa shape index (κ1) is 27.2. The molecule has 10 heteroatoms. The minimum atomic E-state index is -1.18. The molecule has 1 saturated heterocycles. The Bertz CT molecular complexity index is 1840. The van der Waals surface area contributed by atoms with Gasteiger partial charge >= 0.3 is 0 Å². The number of methoxy groups -OCH3 is 1. The zero-order chi connectivity index (χ0) is 30.6. The number of amides is 3. The number of ether oxygens (including phenoxy) is 1. The number of nitro benzene ring substituents is 1. The predicted molar refractivity (Wildman–Crippen MR) is 161 cm³/mol. The fourth-order valence-corrected chi connectivity index (χ4v) is 7.28. The molecule has 0 unspecified atom stereocenters. The molecule has 1 aliphatic heterocycles. The van der Waals surface area contributed by atoms with Crippen molar-refractivity contribution in [1.82, 2.24) is 5.43 Å². The summed E-state index contributed by atoms with van der Waals surface area (Å²) in [7, 11) is 1.34. The van der Waals surface area contributed by atoms with E-state index >= 15 is 0 Å². The van der Waals surface area contributed by atoms with E-state index in [0.29, 0.717) is 0 Å². The van der Waals surface area contributed by atoms with E-state index in [4.69, 9.17) is 4.74 Å². The summed E-state index contributed by atoms with van der Waals surface area (Å²) < 4.78 is 5.43. The second-order valence-corrected chi connectivity index (χ2v) is 11.1. The van der Waals surface area contributed by atoms with Crippen LogP contribution in [0, 0.1) is 22.0 Å². The third-order valence-corrected chi connectivity index (χ3v) is 8.96. The molecular formula is C34H26N4O6. The van der Waals surface area contributed by atoms with Crippen molar-refractivity contribution in [2.75, 3.05) is 12.0 Å². The summed E-state index contributed by atoms with van der Waals surface area (Å²) in [4.78, 5) is 53.8. The molecule has 0 aromatic heterocycles. The van der Waals surface area contributed by atoms with Gasteiger partial charge in [-0.3, -0.25) is 24.5 Å². The van der Waals surface area contributed by atoms with Crippen molar-refractivity contribution in [3.63, 3.8) is 0 Å². The van der Waals surface area contributed by atoms with Crippen LogP contribution in [0.5, 0.6) is 5.75 Å². The van der Waals surface area contributed by atoms with Crippen LogP contribution in [0.2, 0.25) is 0 Å². The Morgan fingerprint density at radius 3 is 2.23 bits per heavy atom. The molecule has 1 N–H and O–H groups in total. The number of rotatable bonds is 7. The number of hydrogen-bond donors (Lipinski definition) is 1. The number of nitrogens with one attached hydrogen (secondary N) is 1. The van der Waals surface area contributed by atoms with Crippen molar-refractivity contribution in [1.29, 1.82) is 0 Å². The van der Waals surface area contributed by atoms with Gasteiger partial charge in [0.1, 0.15) is 5.75 Å². The van der Waals surface area contributed by atoms with E-state index in [1.165, 1.54) is 25.3 Å². The summed E-state index contributed by atoms with van der Waals surface area (Å²) in [5, 5.41) is 15.9. The Labute approximate surface area is 252 Å². The summed E-state index contributed by atoms with van der Waals surface area (Å²) in [6.45, 7) is 0. The molecule has 1 heterocycles. The number of anilines is 1. The van der Waals surface area contributed by atoms with Gasteiger partial charge in [0.25, 0.3) is 5.69 Å². The van der Waals surface area contributed by atoms with E-state index in [9.17, 15) is 24.5 Å². The van der Waals surface area contributed by atoms with E-state index in [1.807, 2.05) is 78.9 Å². The summed E-state index contributed by atoms with van der Waals surface area (Å²) in [5.41, 5.74) is 5.70. The van der Waals surface area contributed by atoms with Crippen LogP contribution >= 0.6 is 0 Å². The average molecular weight is 587 g/mol. The van der Waals surface area contributed by atoms with Crippen molar-refractivity contribution >= 4 is 35.3 Å². The molecule has 44 heavy (non-hydrogen) atoms. The van der Waals surface area contributed by atoms with E-state index in [2.05, 4.69) is 10.5 Å². The highest BCUT2D eigenvalue weighted by Crippen LogP contribution is 2.64. The Hall–Kier alpha value is -5.64. The maximum absolute atomic E-state index is 14.6. The summed E-state index contributed by atoms with van der Waals surface area (Å²) in [6, 6.07) is 28.5. The lowest BCUT2D eigenvalue weighted by atomic mass is 9.47. The third kappa shape index (κ3) is 3.87. The minimum Gasteiger partial charge on any atom is -0.494 e. The van der Waals surface area contributed by atoms with E-state index in [1.54, 1.807) is 6.21 Å². The molecule has 8 rings (SSSR count). The molecular weight excluding hydrogens is 560 g/mol. The molecule has 0 radical (unpaired) electrons. The number of carbonyl (C=O) groups excluding carboxylic acids is 3. The number of nitro groups is 1. The van der Waals surface area contributed by atoms with Crippen molar-refractivity contribution in [2.45, 2.75) is 17.8 Å². The average Bonchev–Trinajstić information content (AvgIpc) is 3.31. The molecule has 0 spiro atoms. The lowest BCUT2D eigenvalue weighted by molar-refractivity contribution is -0.384. The second kappa shape index (κ2) is 10.3. The van der Waals surface area contributed by atoms with Gasteiger partial charge in [0.05, 0.1) is 47.5 Å². The summed E-state index contributed by atoms with van der Waals surface area (Å²) in [6.07, 6.45) is 1.72. The van der Waals surface area contributed by atoms with E-state index in [0.717, 1.165) is 32.7 Å². The van der Waals surface area contributed by atoms with Crippen LogP contribution in [-0.2, 0) is 26.2 Å². The zero-order valence-corrected chi connectivity index (χ0v) is 23.5. The van der Waals surface area contributed by atoms with Crippen LogP contribution in [0.25, 0.3) is 0 Å². The molecule has 2 atom stereocenters. The first-order valence-corrected chi connectivity index (χ1v) is 14.1. The largest absolute Gasteiger partial charge is 0.494 e. The Balaban J connectivity index is 1.36. The Morgan fingerprint density at radius 2 is 1.59 bits per heavy atom. The van der Waals surface area contributed by atoms with Crippen LogP contribution in [0.4, 0.5) is 11.4 Å². The molecule has 0 saturated carbocycles. The first-order chi connectivity index (χ1) is 21.4. The predicted octanol–water partition coefficient (Wildman–Crippen LogP) is 4.50. The number of non-ortho nitro benzene ring substituents is 1. The fourth-order valence-electron chi connectivity index (χ4n) is 7.28. The van der Waals surface area contributed by atoms with Gasteiger partial charge in [0, 0.05) is 18.2 Å². The number of imide groups is 1. The van der Waals surface area contributed by atoms with Crippen molar-refractivity contribution in [3.05, 3.63) is 135 Å². The second-order valence-electron chi connectivity index (χ2n) is 11.1. The van der Waals surface area contributed by atoms with Gasteiger partial charge in [0.2, 0.25) is 17.7 Å². The van der Waals surface area contributed by atoms with Gasteiger partial charge in [0.15, 0.2) is 0 Å². The molecule has 3 aliphatic carbocycles. The number of nitrogens with zero attached hydrogens (tertiary/aromatic N) is 3. The number of benzene rings is 4. The molecule has 4 aromatic rings. The third-order valence-electron chi connectivity index (χ3n) is 8.96. The fraction of sp³-hybridized carbons (Fsp3) is 0.176. The topological polar surface area (TPSA) is 131 Å². The van der Waals surface area contributed by atoms with Gasteiger partial charge < -0.3 is 4.74 Å². The lowest BCUT2D eigenvalue weighted by Crippen LogP contribution is -2.54. The highest BCUT2D eigenvalue weighted by molar-refractivity contribution is 6.25. The number of hydrazone groups is 1. The molecule has 3 amide bonds. The Morgan fingerprint density at radius 1 is 0.955 bits per heavy atom. The Kier molecular flexibility index (Phi) is 6.35. The molecule has 10 nitrogen and oxygen atoms in total. The van der Waals surface area contributed by atoms with Gasteiger partial charge in [-0.1, -0.05) is 78.9 Å². The van der Waals surface area contributed by atoms with Crippen LogP contribution < -0.4 is 15.1 Å². The highest BCUT2D eigenvalue weighted by Gasteiger charge is 2.68.